The normalized spacial score (nSPS) is 32.4. The molecule has 0 aromatic carbocycles. The zero-order chi connectivity index (χ0) is 25.3. The molecule has 0 radical (unpaired) electrons. The molecule has 3 heterocycles. The van der Waals surface area contributed by atoms with E-state index in [2.05, 4.69) is 20.1 Å². The van der Waals surface area contributed by atoms with Gasteiger partial charge >= 0.3 is 0 Å². The van der Waals surface area contributed by atoms with Gasteiger partial charge in [-0.2, -0.15) is 0 Å². The summed E-state index contributed by atoms with van der Waals surface area (Å²) in [5.41, 5.74) is -1.84. The molecule has 8 heteroatoms. The van der Waals surface area contributed by atoms with Gasteiger partial charge in [-0.1, -0.05) is 25.5 Å². The first-order valence-electron chi connectivity index (χ1n) is 12.5. The molecule has 3 rings (SSSR count). The molecule has 3 aliphatic heterocycles. The second-order valence-electron chi connectivity index (χ2n) is 10.3. The Morgan fingerprint density at radius 1 is 1.26 bits per heavy atom. The summed E-state index contributed by atoms with van der Waals surface area (Å²) >= 11 is 0. The van der Waals surface area contributed by atoms with E-state index in [-0.39, 0.29) is 36.9 Å². The first kappa shape index (κ1) is 26.4. The molecule has 3 unspecified atom stereocenters. The fourth-order valence-corrected chi connectivity index (χ4v) is 6.44. The summed E-state index contributed by atoms with van der Waals surface area (Å²) in [4.78, 5) is 46.5. The Morgan fingerprint density at radius 3 is 2.53 bits per heavy atom. The number of aliphatic hydroxyl groups excluding tert-OH is 1. The highest BCUT2D eigenvalue weighted by atomic mass is 16.5. The number of carbonyl (C=O) groups excluding carboxylic acids is 3. The van der Waals surface area contributed by atoms with E-state index in [9.17, 15) is 19.5 Å². The van der Waals surface area contributed by atoms with E-state index in [0.29, 0.717) is 32.4 Å². The predicted molar refractivity (Wildman–Crippen MR) is 130 cm³/mol. The molecule has 6 atom stereocenters. The molecule has 0 saturated carbocycles. The molecule has 3 saturated heterocycles. The molecule has 0 aromatic rings. The van der Waals surface area contributed by atoms with Crippen molar-refractivity contribution in [1.82, 2.24) is 14.7 Å². The second-order valence-corrected chi connectivity index (χ2v) is 10.3. The fourth-order valence-electron chi connectivity index (χ4n) is 6.44. The lowest BCUT2D eigenvalue weighted by atomic mass is 9.66. The van der Waals surface area contributed by atoms with Crippen LogP contribution in [-0.4, -0.2) is 94.1 Å². The highest BCUT2D eigenvalue weighted by Gasteiger charge is 2.78. The largest absolute Gasteiger partial charge is 0.396 e. The summed E-state index contributed by atoms with van der Waals surface area (Å²) in [6, 6.07) is -0.841. The van der Waals surface area contributed by atoms with Crippen molar-refractivity contribution >= 4 is 17.7 Å². The van der Waals surface area contributed by atoms with Gasteiger partial charge in [0.05, 0.1) is 17.4 Å². The second kappa shape index (κ2) is 10.2. The van der Waals surface area contributed by atoms with Crippen LogP contribution in [0.25, 0.3) is 0 Å². The third kappa shape index (κ3) is 4.09. The van der Waals surface area contributed by atoms with E-state index >= 15 is 0 Å². The van der Waals surface area contributed by atoms with Gasteiger partial charge in [0, 0.05) is 39.3 Å². The number of nitrogens with zero attached hydrogens (tertiary/aromatic N) is 3. The number of hydrogen-bond acceptors (Lipinski definition) is 5. The fraction of sp³-hybridized carbons (Fsp3) is 0.731. The first-order chi connectivity index (χ1) is 16.1. The number of amides is 3. The van der Waals surface area contributed by atoms with Crippen LogP contribution in [-0.2, 0) is 19.1 Å². The van der Waals surface area contributed by atoms with Crippen LogP contribution in [0, 0.1) is 11.8 Å². The van der Waals surface area contributed by atoms with Crippen molar-refractivity contribution in [2.24, 2.45) is 11.8 Å². The molecule has 0 aromatic heterocycles. The van der Waals surface area contributed by atoms with Crippen LogP contribution in [0.3, 0.4) is 0 Å². The molecule has 3 aliphatic rings. The van der Waals surface area contributed by atoms with Crippen molar-refractivity contribution < 1.29 is 24.2 Å². The molecule has 3 fully saturated rings. The molecule has 1 spiro atoms. The van der Waals surface area contributed by atoms with Gasteiger partial charge in [-0.25, -0.2) is 0 Å². The minimum Gasteiger partial charge on any atom is -0.396 e. The van der Waals surface area contributed by atoms with Crippen LogP contribution >= 0.6 is 0 Å². The van der Waals surface area contributed by atoms with Crippen LogP contribution in [0.1, 0.15) is 52.9 Å². The Labute approximate surface area is 203 Å². The Morgan fingerprint density at radius 2 is 1.94 bits per heavy atom. The van der Waals surface area contributed by atoms with Crippen LogP contribution < -0.4 is 0 Å². The van der Waals surface area contributed by atoms with Gasteiger partial charge in [0.25, 0.3) is 0 Å². The molecule has 3 amide bonds. The van der Waals surface area contributed by atoms with Crippen LogP contribution in [0.15, 0.2) is 25.3 Å². The highest BCUT2D eigenvalue weighted by Crippen LogP contribution is 2.63. The zero-order valence-corrected chi connectivity index (χ0v) is 21.2. The molecule has 8 nitrogen and oxygen atoms in total. The number of hydrogen-bond donors (Lipinski definition) is 1. The molecular formula is C26H41N3O5. The van der Waals surface area contributed by atoms with Crippen molar-refractivity contribution in [2.45, 2.75) is 76.2 Å². The van der Waals surface area contributed by atoms with Crippen LogP contribution in [0.2, 0.25) is 0 Å². The lowest BCUT2D eigenvalue weighted by molar-refractivity contribution is -0.154. The summed E-state index contributed by atoms with van der Waals surface area (Å²) in [5, 5.41) is 9.49. The number of aliphatic hydroxyl groups is 1. The maximum absolute atomic E-state index is 14.1. The Hall–Kier alpha value is -2.19. The van der Waals surface area contributed by atoms with Gasteiger partial charge in [-0.05, 0) is 39.5 Å². The number of likely N-dealkylation sites (tertiary alicyclic amines) is 1. The summed E-state index contributed by atoms with van der Waals surface area (Å²) < 4.78 is 6.64. The third-order valence-corrected chi connectivity index (χ3v) is 7.96. The minimum absolute atomic E-state index is 0.0221. The predicted octanol–water partition coefficient (Wildman–Crippen LogP) is 1.98. The van der Waals surface area contributed by atoms with Gasteiger partial charge in [-0.3, -0.25) is 14.4 Å². The monoisotopic (exact) mass is 475 g/mol. The molecule has 34 heavy (non-hydrogen) atoms. The van der Waals surface area contributed by atoms with Gasteiger partial charge in [0.15, 0.2) is 0 Å². The van der Waals surface area contributed by atoms with E-state index in [1.54, 1.807) is 33.9 Å². The zero-order valence-electron chi connectivity index (χ0n) is 21.2. The minimum atomic E-state index is -1.04. The number of fused-ring (bicyclic) bond motifs is 1. The maximum atomic E-state index is 14.1. The molecule has 2 bridgehead atoms. The van der Waals surface area contributed by atoms with E-state index in [4.69, 9.17) is 4.74 Å². The average Bonchev–Trinajstić information content (AvgIpc) is 3.36. The summed E-state index contributed by atoms with van der Waals surface area (Å²) in [5.74, 6) is -1.91. The van der Waals surface area contributed by atoms with Crippen molar-refractivity contribution in [2.75, 3.05) is 33.3 Å². The van der Waals surface area contributed by atoms with E-state index in [1.165, 1.54) is 0 Å². The smallest absolute Gasteiger partial charge is 0.248 e. The SMILES string of the molecule is C=CCN(C)C(=O)[C@@H]1[C@H]2C(=O)N(CCCO)C(C(=O)N(CC=C)C(C)CCC)C23CC[C@@]1(C)O3. The standard InChI is InChI=1S/C26H41N3O5/c1-7-11-18(4)28(15-9-3)24(33)21-26-13-12-25(5,34-26)19(22(31)27(6)14-8-2)20(26)23(32)29(21)16-10-17-30/h8-9,18-21,30H,2-3,7,10-17H2,1,4-6H3/t18?,19-,20-,21?,25+,26?/m0/s1. The van der Waals surface area contributed by atoms with Crippen LogP contribution in [0.5, 0.6) is 0 Å². The van der Waals surface area contributed by atoms with Gasteiger partial charge < -0.3 is 24.5 Å². The van der Waals surface area contributed by atoms with Crippen molar-refractivity contribution in [3.8, 4) is 0 Å². The van der Waals surface area contributed by atoms with E-state index < -0.39 is 29.1 Å². The summed E-state index contributed by atoms with van der Waals surface area (Å²) in [7, 11) is 1.70. The number of ether oxygens (including phenoxy) is 1. The first-order valence-corrected chi connectivity index (χ1v) is 12.5. The highest BCUT2D eigenvalue weighted by molar-refractivity contribution is 5.99. The Bertz CT molecular complexity index is 831. The molecule has 1 N–H and O–H groups in total. The quantitative estimate of drug-likeness (QED) is 0.436. The average molecular weight is 476 g/mol. The van der Waals surface area contributed by atoms with Crippen molar-refractivity contribution in [1.29, 1.82) is 0 Å². The number of carbonyl (C=O) groups is 3. The van der Waals surface area contributed by atoms with Gasteiger partial charge in [0.2, 0.25) is 17.7 Å². The van der Waals surface area contributed by atoms with Gasteiger partial charge in [0.1, 0.15) is 11.6 Å². The number of rotatable bonds is 12. The third-order valence-electron chi connectivity index (χ3n) is 7.96. The maximum Gasteiger partial charge on any atom is 0.248 e. The summed E-state index contributed by atoms with van der Waals surface area (Å²) in [6.45, 7) is 14.5. The van der Waals surface area contributed by atoms with Crippen molar-refractivity contribution in [3.63, 3.8) is 0 Å². The lowest BCUT2D eigenvalue weighted by Crippen LogP contribution is -2.58. The van der Waals surface area contributed by atoms with E-state index in [0.717, 1.165) is 12.8 Å². The Balaban J connectivity index is 2.06. The number of likely N-dealkylation sites (N-methyl/N-ethyl adjacent to an activating group) is 1. The van der Waals surface area contributed by atoms with Crippen LogP contribution in [0.4, 0.5) is 0 Å². The molecule has 190 valence electrons. The van der Waals surface area contributed by atoms with E-state index in [1.807, 2.05) is 13.8 Å². The Kier molecular flexibility index (Phi) is 7.92. The molecule has 0 aliphatic carbocycles. The summed E-state index contributed by atoms with van der Waals surface area (Å²) in [6.07, 6.45) is 6.63. The lowest BCUT2D eigenvalue weighted by Gasteiger charge is -2.39. The topological polar surface area (TPSA) is 90.4 Å². The van der Waals surface area contributed by atoms with Crippen molar-refractivity contribution in [3.05, 3.63) is 25.3 Å². The molecular weight excluding hydrogens is 434 g/mol. The van der Waals surface area contributed by atoms with Gasteiger partial charge in [-0.15, -0.1) is 13.2 Å².